The number of piperidine rings is 1. The third-order valence-electron chi connectivity index (χ3n) is 5.15. The van der Waals surface area contributed by atoms with Crippen LogP contribution < -0.4 is 21.7 Å². The van der Waals surface area contributed by atoms with Gasteiger partial charge < -0.3 is 26.6 Å². The second kappa shape index (κ2) is 11.3. The smallest absolute Gasteiger partial charge is 0.319 e. The predicted octanol–water partition coefficient (Wildman–Crippen LogP) is 2.58. The Morgan fingerprint density at radius 2 is 1.97 bits per heavy atom. The molecule has 5 N–H and O–H groups in total. The molecule has 2 rings (SSSR count). The van der Waals surface area contributed by atoms with Gasteiger partial charge in [0.25, 0.3) is 0 Å². The lowest BCUT2D eigenvalue weighted by molar-refractivity contribution is -0.135. The third-order valence-corrected chi connectivity index (χ3v) is 5.15. The van der Waals surface area contributed by atoms with E-state index in [9.17, 15) is 14.4 Å². The van der Waals surface area contributed by atoms with Crippen molar-refractivity contribution in [1.29, 1.82) is 0 Å². The Hall–Kier alpha value is -2.77. The molecule has 5 amide bonds. The van der Waals surface area contributed by atoms with Gasteiger partial charge in [-0.25, -0.2) is 9.59 Å². The molecule has 0 bridgehead atoms. The minimum atomic E-state index is -0.678. The molecule has 0 saturated carbocycles. The van der Waals surface area contributed by atoms with E-state index in [4.69, 9.17) is 5.73 Å². The van der Waals surface area contributed by atoms with Crippen LogP contribution in [0.5, 0.6) is 0 Å². The Morgan fingerprint density at radius 3 is 2.62 bits per heavy atom. The topological polar surface area (TPSA) is 117 Å². The number of carbonyl (C=O) groups is 3. The van der Waals surface area contributed by atoms with Crippen LogP contribution in [0.3, 0.4) is 0 Å². The Morgan fingerprint density at radius 1 is 1.24 bits per heavy atom. The SMILES string of the molecule is CCCCC(NC(N)=O)C(=O)N1CCCC(CNC(=O)Nc2ccc(C)cc2)C1. The molecule has 1 fully saturated rings. The van der Waals surface area contributed by atoms with Crippen molar-refractivity contribution < 1.29 is 14.4 Å². The van der Waals surface area contributed by atoms with Gasteiger partial charge in [-0.1, -0.05) is 37.5 Å². The summed E-state index contributed by atoms with van der Waals surface area (Å²) in [6.07, 6.45) is 4.17. The van der Waals surface area contributed by atoms with Crippen molar-refractivity contribution in [2.75, 3.05) is 25.0 Å². The average Bonchev–Trinajstić information content (AvgIpc) is 2.70. The number of benzene rings is 1. The van der Waals surface area contributed by atoms with Crippen molar-refractivity contribution in [3.63, 3.8) is 0 Å². The van der Waals surface area contributed by atoms with E-state index in [0.717, 1.165) is 36.9 Å². The van der Waals surface area contributed by atoms with E-state index >= 15 is 0 Å². The fourth-order valence-corrected chi connectivity index (χ4v) is 3.54. The number of nitrogens with zero attached hydrogens (tertiary/aromatic N) is 1. The van der Waals surface area contributed by atoms with Crippen molar-refractivity contribution in [1.82, 2.24) is 15.5 Å². The number of amides is 5. The van der Waals surface area contributed by atoms with Crippen molar-refractivity contribution >= 4 is 23.7 Å². The first kappa shape index (κ1) is 22.5. The van der Waals surface area contributed by atoms with Crippen LogP contribution >= 0.6 is 0 Å². The molecule has 1 aliphatic heterocycles. The molecular weight excluding hydrogens is 370 g/mol. The van der Waals surface area contributed by atoms with Crippen LogP contribution in [0.1, 0.15) is 44.6 Å². The lowest BCUT2D eigenvalue weighted by atomic mass is 9.96. The van der Waals surface area contributed by atoms with E-state index in [-0.39, 0.29) is 17.9 Å². The van der Waals surface area contributed by atoms with Crippen molar-refractivity contribution in [2.24, 2.45) is 11.7 Å². The second-order valence-electron chi connectivity index (χ2n) is 7.70. The molecule has 1 aromatic carbocycles. The number of aryl methyl sites for hydroxylation is 1. The molecule has 0 aliphatic carbocycles. The van der Waals surface area contributed by atoms with Gasteiger partial charge in [-0.2, -0.15) is 0 Å². The molecule has 0 radical (unpaired) electrons. The van der Waals surface area contributed by atoms with Gasteiger partial charge in [0.1, 0.15) is 6.04 Å². The van der Waals surface area contributed by atoms with Crippen LogP contribution in [-0.2, 0) is 4.79 Å². The van der Waals surface area contributed by atoms with Gasteiger partial charge in [0.05, 0.1) is 0 Å². The van der Waals surface area contributed by atoms with Gasteiger partial charge in [-0.3, -0.25) is 4.79 Å². The summed E-state index contributed by atoms with van der Waals surface area (Å²) in [6.45, 7) is 5.74. The largest absolute Gasteiger partial charge is 0.352 e. The number of urea groups is 2. The van der Waals surface area contributed by atoms with Gasteiger partial charge in [0.2, 0.25) is 5.91 Å². The summed E-state index contributed by atoms with van der Waals surface area (Å²) in [7, 11) is 0. The summed E-state index contributed by atoms with van der Waals surface area (Å²) in [5.41, 5.74) is 7.11. The maximum absolute atomic E-state index is 12.8. The monoisotopic (exact) mass is 403 g/mol. The highest BCUT2D eigenvalue weighted by atomic mass is 16.2. The molecule has 0 aromatic heterocycles. The maximum atomic E-state index is 12.8. The van der Waals surface area contributed by atoms with Crippen molar-refractivity contribution in [3.8, 4) is 0 Å². The summed E-state index contributed by atoms with van der Waals surface area (Å²) in [4.78, 5) is 38.0. The number of carbonyl (C=O) groups excluding carboxylic acids is 3. The fraction of sp³-hybridized carbons (Fsp3) is 0.571. The molecule has 2 atom stereocenters. The molecule has 29 heavy (non-hydrogen) atoms. The Labute approximate surface area is 172 Å². The highest BCUT2D eigenvalue weighted by Gasteiger charge is 2.29. The van der Waals surface area contributed by atoms with E-state index in [0.29, 0.717) is 26.1 Å². The molecule has 1 aromatic rings. The van der Waals surface area contributed by atoms with Gasteiger partial charge in [-0.15, -0.1) is 0 Å². The van der Waals surface area contributed by atoms with Crippen LogP contribution in [0.4, 0.5) is 15.3 Å². The van der Waals surface area contributed by atoms with Crippen LogP contribution in [0, 0.1) is 12.8 Å². The van der Waals surface area contributed by atoms with Crippen molar-refractivity contribution in [3.05, 3.63) is 29.8 Å². The Bertz CT molecular complexity index is 692. The average molecular weight is 404 g/mol. The van der Waals surface area contributed by atoms with Crippen LogP contribution in [-0.4, -0.2) is 48.5 Å². The summed E-state index contributed by atoms with van der Waals surface area (Å²) in [5.74, 6) is 0.0860. The summed E-state index contributed by atoms with van der Waals surface area (Å²) in [6, 6.07) is 6.08. The van der Waals surface area contributed by atoms with Crippen LogP contribution in [0.25, 0.3) is 0 Å². The van der Waals surface area contributed by atoms with Gasteiger partial charge in [0, 0.05) is 25.3 Å². The van der Waals surface area contributed by atoms with Crippen LogP contribution in [0.2, 0.25) is 0 Å². The van der Waals surface area contributed by atoms with E-state index < -0.39 is 12.1 Å². The quantitative estimate of drug-likeness (QED) is 0.534. The maximum Gasteiger partial charge on any atom is 0.319 e. The summed E-state index contributed by atoms with van der Waals surface area (Å²) >= 11 is 0. The number of nitrogens with two attached hydrogens (primary N) is 1. The number of primary amides is 1. The highest BCUT2D eigenvalue weighted by molar-refractivity contribution is 5.89. The highest BCUT2D eigenvalue weighted by Crippen LogP contribution is 2.18. The normalized spacial score (nSPS) is 17.3. The molecule has 8 nitrogen and oxygen atoms in total. The molecule has 1 heterocycles. The summed E-state index contributed by atoms with van der Waals surface area (Å²) < 4.78 is 0. The van der Waals surface area contributed by atoms with E-state index in [1.54, 1.807) is 4.90 Å². The first-order valence-corrected chi connectivity index (χ1v) is 10.3. The first-order valence-electron chi connectivity index (χ1n) is 10.3. The summed E-state index contributed by atoms with van der Waals surface area (Å²) in [5, 5.41) is 8.28. The molecular formula is C21H33N5O3. The molecule has 160 valence electrons. The van der Waals surface area contributed by atoms with Gasteiger partial charge in [0.15, 0.2) is 0 Å². The number of likely N-dealkylation sites (tertiary alicyclic amines) is 1. The zero-order valence-electron chi connectivity index (χ0n) is 17.4. The Balaban J connectivity index is 1.83. The van der Waals surface area contributed by atoms with E-state index in [2.05, 4.69) is 16.0 Å². The zero-order valence-corrected chi connectivity index (χ0v) is 17.4. The van der Waals surface area contributed by atoms with Crippen molar-refractivity contribution in [2.45, 2.75) is 52.0 Å². The minimum absolute atomic E-state index is 0.0916. The predicted molar refractivity (Wildman–Crippen MR) is 114 cm³/mol. The molecule has 0 spiro atoms. The van der Waals surface area contributed by atoms with E-state index in [1.807, 2.05) is 38.1 Å². The number of hydrogen-bond acceptors (Lipinski definition) is 3. The fourth-order valence-electron chi connectivity index (χ4n) is 3.54. The van der Waals surface area contributed by atoms with Crippen LogP contribution in [0.15, 0.2) is 24.3 Å². The number of nitrogens with one attached hydrogen (secondary N) is 3. The first-order chi connectivity index (χ1) is 13.9. The molecule has 1 aliphatic rings. The second-order valence-corrected chi connectivity index (χ2v) is 7.70. The van der Waals surface area contributed by atoms with Gasteiger partial charge >= 0.3 is 12.1 Å². The number of unbranched alkanes of at least 4 members (excludes halogenated alkanes) is 1. The molecule has 1 saturated heterocycles. The van der Waals surface area contributed by atoms with E-state index in [1.165, 1.54) is 0 Å². The molecule has 8 heteroatoms. The molecule has 2 unspecified atom stereocenters. The lowest BCUT2D eigenvalue weighted by Gasteiger charge is -2.35. The lowest BCUT2D eigenvalue weighted by Crippen LogP contribution is -2.53. The standard InChI is InChI=1S/C21H33N5O3/c1-3-4-7-18(25-20(22)28)19(27)26-12-5-6-16(14-26)13-23-21(29)24-17-10-8-15(2)9-11-17/h8-11,16,18H,3-7,12-14H2,1-2H3,(H3,22,25,28)(H2,23,24,29). The number of anilines is 1. The third kappa shape index (κ3) is 7.63. The zero-order chi connectivity index (χ0) is 21.2. The Kier molecular flexibility index (Phi) is 8.76. The van der Waals surface area contributed by atoms with Gasteiger partial charge in [-0.05, 0) is 44.2 Å². The number of hydrogen-bond donors (Lipinski definition) is 4. The number of rotatable bonds is 8. The minimum Gasteiger partial charge on any atom is -0.352 e.